The Balaban J connectivity index is 1.41. The molecule has 0 bridgehead atoms. The molecule has 2 aromatic carbocycles. The van der Waals surface area contributed by atoms with Gasteiger partial charge in [0.1, 0.15) is 10.8 Å². The zero-order chi connectivity index (χ0) is 21.1. The quantitative estimate of drug-likeness (QED) is 0.345. The number of nitrogens with zero attached hydrogens (tertiary/aromatic N) is 4. The number of hydrogen-bond acceptors (Lipinski definition) is 6. The summed E-state index contributed by atoms with van der Waals surface area (Å²) in [6, 6.07) is 13.2. The second-order valence-electron chi connectivity index (χ2n) is 6.53. The van der Waals surface area contributed by atoms with Crippen molar-refractivity contribution in [1.82, 2.24) is 19.7 Å². The standard InChI is InChI=1S/C21H18F2N4OS2/c1-13(28-18-9-8-15(22)10-17(18)23)19-25-26-21(27(19)2)30-12-16-11-29-20(24-16)14-6-4-3-5-7-14/h3-11,13H,12H2,1-2H3. The SMILES string of the molecule is CC(Oc1ccc(F)cc1F)c1nnc(SCc2csc(-c3ccccc3)n2)n1C. The fraction of sp³-hybridized carbons (Fsp3) is 0.190. The molecule has 2 aromatic heterocycles. The fourth-order valence-electron chi connectivity index (χ4n) is 2.84. The maximum atomic E-state index is 13.8. The minimum Gasteiger partial charge on any atom is -0.480 e. The second-order valence-corrected chi connectivity index (χ2v) is 8.33. The number of benzene rings is 2. The van der Waals surface area contributed by atoms with Crippen LogP contribution in [0.2, 0.25) is 0 Å². The molecule has 30 heavy (non-hydrogen) atoms. The molecule has 0 fully saturated rings. The van der Waals surface area contributed by atoms with Gasteiger partial charge in [-0.25, -0.2) is 13.8 Å². The van der Waals surface area contributed by atoms with Crippen LogP contribution >= 0.6 is 23.1 Å². The van der Waals surface area contributed by atoms with E-state index in [1.54, 1.807) is 22.8 Å². The molecule has 0 spiro atoms. The van der Waals surface area contributed by atoms with Gasteiger partial charge in [-0.2, -0.15) is 0 Å². The molecule has 0 amide bonds. The molecule has 0 saturated heterocycles. The van der Waals surface area contributed by atoms with E-state index in [2.05, 4.69) is 15.2 Å². The van der Waals surface area contributed by atoms with Gasteiger partial charge in [0.15, 0.2) is 28.7 Å². The Morgan fingerprint density at radius 2 is 1.93 bits per heavy atom. The summed E-state index contributed by atoms with van der Waals surface area (Å²) < 4.78 is 34.3. The van der Waals surface area contributed by atoms with Crippen molar-refractivity contribution in [2.45, 2.75) is 23.9 Å². The van der Waals surface area contributed by atoms with Crippen LogP contribution in [0.5, 0.6) is 5.75 Å². The van der Waals surface area contributed by atoms with Crippen LogP contribution in [0.3, 0.4) is 0 Å². The monoisotopic (exact) mass is 444 g/mol. The number of hydrogen-bond donors (Lipinski definition) is 0. The molecule has 0 aliphatic heterocycles. The second kappa shape index (κ2) is 8.93. The van der Waals surface area contributed by atoms with Crippen LogP contribution in [0.15, 0.2) is 59.1 Å². The zero-order valence-corrected chi connectivity index (χ0v) is 17.9. The fourth-order valence-corrected chi connectivity index (χ4v) is 4.59. The highest BCUT2D eigenvalue weighted by Crippen LogP contribution is 2.29. The first-order valence-electron chi connectivity index (χ1n) is 9.15. The van der Waals surface area contributed by atoms with E-state index in [9.17, 15) is 8.78 Å². The summed E-state index contributed by atoms with van der Waals surface area (Å²) in [4.78, 5) is 4.68. The van der Waals surface area contributed by atoms with E-state index in [0.717, 1.165) is 28.4 Å². The molecule has 4 rings (SSSR count). The summed E-state index contributed by atoms with van der Waals surface area (Å²) >= 11 is 3.12. The summed E-state index contributed by atoms with van der Waals surface area (Å²) in [7, 11) is 1.83. The van der Waals surface area contributed by atoms with Gasteiger partial charge in [0, 0.05) is 29.8 Å². The van der Waals surface area contributed by atoms with Crippen molar-refractivity contribution >= 4 is 23.1 Å². The normalized spacial score (nSPS) is 12.1. The van der Waals surface area contributed by atoms with E-state index in [0.29, 0.717) is 16.7 Å². The number of rotatable bonds is 7. The smallest absolute Gasteiger partial charge is 0.191 e. The van der Waals surface area contributed by atoms with E-state index < -0.39 is 17.7 Å². The van der Waals surface area contributed by atoms with Crippen molar-refractivity contribution in [2.75, 3.05) is 0 Å². The summed E-state index contributed by atoms with van der Waals surface area (Å²) in [5, 5.41) is 12.1. The predicted octanol–water partition coefficient (Wildman–Crippen LogP) is 5.65. The van der Waals surface area contributed by atoms with Gasteiger partial charge in [-0.05, 0) is 19.1 Å². The van der Waals surface area contributed by atoms with Gasteiger partial charge in [0.25, 0.3) is 0 Å². The Morgan fingerprint density at radius 3 is 2.70 bits per heavy atom. The highest BCUT2D eigenvalue weighted by molar-refractivity contribution is 7.98. The maximum Gasteiger partial charge on any atom is 0.191 e. The van der Waals surface area contributed by atoms with Gasteiger partial charge in [-0.1, -0.05) is 42.1 Å². The van der Waals surface area contributed by atoms with Crippen LogP contribution in [0.4, 0.5) is 8.78 Å². The van der Waals surface area contributed by atoms with Crippen molar-refractivity contribution in [3.63, 3.8) is 0 Å². The number of thiazole rings is 1. The van der Waals surface area contributed by atoms with Crippen molar-refractivity contribution in [1.29, 1.82) is 0 Å². The van der Waals surface area contributed by atoms with Gasteiger partial charge < -0.3 is 9.30 Å². The number of ether oxygens (including phenoxy) is 1. The minimum atomic E-state index is -0.753. The van der Waals surface area contributed by atoms with Crippen molar-refractivity contribution < 1.29 is 13.5 Å². The molecular weight excluding hydrogens is 426 g/mol. The van der Waals surface area contributed by atoms with Gasteiger partial charge in [-0.3, -0.25) is 0 Å². The topological polar surface area (TPSA) is 52.8 Å². The van der Waals surface area contributed by atoms with Crippen LogP contribution in [-0.2, 0) is 12.8 Å². The largest absolute Gasteiger partial charge is 0.480 e. The third kappa shape index (κ3) is 4.52. The highest BCUT2D eigenvalue weighted by atomic mass is 32.2. The molecular formula is C21H18F2N4OS2. The van der Waals surface area contributed by atoms with Crippen LogP contribution in [-0.4, -0.2) is 19.7 Å². The molecule has 2 heterocycles. The van der Waals surface area contributed by atoms with Crippen LogP contribution in [0.25, 0.3) is 10.6 Å². The lowest BCUT2D eigenvalue weighted by Gasteiger charge is -2.14. The molecule has 1 unspecified atom stereocenters. The zero-order valence-electron chi connectivity index (χ0n) is 16.3. The van der Waals surface area contributed by atoms with E-state index in [-0.39, 0.29) is 5.75 Å². The molecule has 0 aliphatic carbocycles. The molecule has 5 nitrogen and oxygen atoms in total. The predicted molar refractivity (Wildman–Crippen MR) is 114 cm³/mol. The highest BCUT2D eigenvalue weighted by Gasteiger charge is 2.19. The van der Waals surface area contributed by atoms with E-state index >= 15 is 0 Å². The molecule has 4 aromatic rings. The van der Waals surface area contributed by atoms with Gasteiger partial charge in [0.2, 0.25) is 0 Å². The maximum absolute atomic E-state index is 13.8. The Bertz CT molecular complexity index is 1150. The number of halogens is 2. The van der Waals surface area contributed by atoms with Crippen molar-refractivity contribution in [2.24, 2.45) is 7.05 Å². The molecule has 0 aliphatic rings. The average Bonchev–Trinajstić information content (AvgIpc) is 3.36. The molecule has 1 atom stereocenters. The summed E-state index contributed by atoms with van der Waals surface area (Å²) in [6.07, 6.45) is -0.555. The lowest BCUT2D eigenvalue weighted by molar-refractivity contribution is 0.201. The number of thioether (sulfide) groups is 1. The molecule has 0 saturated carbocycles. The summed E-state index contributed by atoms with van der Waals surface area (Å²) in [5.41, 5.74) is 2.06. The Labute approximate surface area is 180 Å². The molecule has 0 radical (unpaired) electrons. The first kappa shape index (κ1) is 20.5. The Morgan fingerprint density at radius 1 is 1.13 bits per heavy atom. The van der Waals surface area contributed by atoms with Crippen LogP contribution in [0, 0.1) is 11.6 Å². The first-order valence-corrected chi connectivity index (χ1v) is 11.0. The Hall–Kier alpha value is -2.78. The van der Waals surface area contributed by atoms with Gasteiger partial charge >= 0.3 is 0 Å². The Kier molecular flexibility index (Phi) is 6.10. The van der Waals surface area contributed by atoms with Crippen LogP contribution in [0.1, 0.15) is 24.5 Å². The average molecular weight is 445 g/mol. The third-order valence-corrected chi connectivity index (χ3v) is 6.35. The van der Waals surface area contributed by atoms with Crippen molar-refractivity contribution in [3.05, 3.63) is 77.1 Å². The van der Waals surface area contributed by atoms with Crippen molar-refractivity contribution in [3.8, 4) is 16.3 Å². The first-order chi connectivity index (χ1) is 14.5. The van der Waals surface area contributed by atoms with E-state index in [1.807, 2.05) is 42.8 Å². The van der Waals surface area contributed by atoms with E-state index in [4.69, 9.17) is 4.74 Å². The minimum absolute atomic E-state index is 0.0305. The number of aromatic nitrogens is 4. The summed E-state index contributed by atoms with van der Waals surface area (Å²) in [5.74, 6) is -0.239. The van der Waals surface area contributed by atoms with Crippen LogP contribution < -0.4 is 4.74 Å². The van der Waals surface area contributed by atoms with Gasteiger partial charge in [-0.15, -0.1) is 21.5 Å². The summed E-state index contributed by atoms with van der Waals surface area (Å²) in [6.45, 7) is 1.74. The lowest BCUT2D eigenvalue weighted by Crippen LogP contribution is -2.11. The molecule has 9 heteroatoms. The lowest BCUT2D eigenvalue weighted by atomic mass is 10.2. The van der Waals surface area contributed by atoms with Gasteiger partial charge in [0.05, 0.1) is 5.69 Å². The third-order valence-electron chi connectivity index (χ3n) is 4.35. The molecule has 0 N–H and O–H groups in total. The van der Waals surface area contributed by atoms with E-state index in [1.165, 1.54) is 17.8 Å². The molecule has 154 valence electrons.